The average molecular weight is 623 g/mol. The van der Waals surface area contributed by atoms with Gasteiger partial charge < -0.3 is 15.2 Å². The second kappa shape index (κ2) is 13.3. The van der Waals surface area contributed by atoms with Gasteiger partial charge in [0.15, 0.2) is 0 Å². The third kappa shape index (κ3) is 6.81. The van der Waals surface area contributed by atoms with Gasteiger partial charge in [0.25, 0.3) is 5.91 Å². The average Bonchev–Trinajstić information content (AvgIpc) is 3.00. The van der Waals surface area contributed by atoms with Crippen LogP contribution >= 0.6 is 0 Å². The summed E-state index contributed by atoms with van der Waals surface area (Å²) in [6.45, 7) is 3.16. The molecule has 0 unspecified atom stereocenters. The lowest BCUT2D eigenvalue weighted by Crippen LogP contribution is -2.42. The number of rotatable bonds is 9. The van der Waals surface area contributed by atoms with Crippen molar-refractivity contribution in [2.75, 3.05) is 20.2 Å². The monoisotopic (exact) mass is 622 g/mol. The van der Waals surface area contributed by atoms with Gasteiger partial charge in [0.2, 0.25) is 0 Å². The molecule has 1 aliphatic heterocycles. The molecule has 0 radical (unpaired) electrons. The molecule has 0 aromatic heterocycles. The highest BCUT2D eigenvalue weighted by atomic mass is 19.4. The standard InChI is InChI=1S/C35H34F4N2O4/c1-21-9-6-14-27(36)30(21)33(42)40-28(34(43)44)19-22-10-7-12-25-24(22)11-8-13-26(25)31-29(45-2)16-15-23(32(31)35(37,38)39)20-41-17-4-3-5-18-41/h6-16,28H,3-5,17-20H2,1-2H3,(H,40,42)(H,43,44)/t28-/m0/s1. The van der Waals surface area contributed by atoms with E-state index in [0.29, 0.717) is 21.9 Å². The van der Waals surface area contributed by atoms with Crippen LogP contribution in [0.4, 0.5) is 17.6 Å². The van der Waals surface area contributed by atoms with Crippen molar-refractivity contribution >= 4 is 22.6 Å². The number of ether oxygens (including phenoxy) is 1. The lowest BCUT2D eigenvalue weighted by molar-refractivity contribution is -0.139. The molecule has 5 rings (SSSR count). The van der Waals surface area contributed by atoms with Crippen LogP contribution in [0.1, 0.15) is 51.9 Å². The van der Waals surface area contributed by atoms with Gasteiger partial charge in [0.05, 0.1) is 18.2 Å². The maximum atomic E-state index is 14.9. The Morgan fingerprint density at radius 1 is 0.933 bits per heavy atom. The van der Waals surface area contributed by atoms with E-state index in [9.17, 15) is 32.3 Å². The molecule has 1 amide bonds. The number of nitrogens with one attached hydrogen (secondary N) is 1. The number of fused-ring (bicyclic) bond motifs is 1. The number of hydrogen-bond donors (Lipinski definition) is 2. The zero-order valence-electron chi connectivity index (χ0n) is 25.0. The number of halogens is 4. The van der Waals surface area contributed by atoms with E-state index in [2.05, 4.69) is 5.32 Å². The SMILES string of the molecule is COc1ccc(CN2CCCCC2)c(C(F)(F)F)c1-c1cccc2c(C[C@H](NC(=O)c3c(C)cccc3F)C(=O)O)cccc12. The molecule has 10 heteroatoms. The first kappa shape index (κ1) is 32.0. The Labute approximate surface area is 258 Å². The van der Waals surface area contributed by atoms with E-state index in [1.165, 1.54) is 19.2 Å². The van der Waals surface area contributed by atoms with E-state index in [-0.39, 0.29) is 41.0 Å². The van der Waals surface area contributed by atoms with Gasteiger partial charge in [-0.25, -0.2) is 9.18 Å². The molecule has 1 saturated heterocycles. The number of likely N-dealkylation sites (tertiary alicyclic amines) is 1. The van der Waals surface area contributed by atoms with Crippen LogP contribution in [0.2, 0.25) is 0 Å². The summed E-state index contributed by atoms with van der Waals surface area (Å²) in [5, 5.41) is 13.4. The fourth-order valence-electron chi connectivity index (χ4n) is 6.22. The molecule has 236 valence electrons. The minimum atomic E-state index is -4.68. The molecule has 0 spiro atoms. The van der Waals surface area contributed by atoms with Crippen molar-refractivity contribution < 1.29 is 37.0 Å². The van der Waals surface area contributed by atoms with E-state index in [0.717, 1.165) is 38.4 Å². The summed E-state index contributed by atoms with van der Waals surface area (Å²) in [6, 6.07) is 15.6. The summed E-state index contributed by atoms with van der Waals surface area (Å²) < 4.78 is 64.7. The Balaban J connectivity index is 1.58. The number of benzene rings is 4. The maximum Gasteiger partial charge on any atom is 0.417 e. The molecule has 0 bridgehead atoms. The van der Waals surface area contributed by atoms with Crippen molar-refractivity contribution in [1.29, 1.82) is 0 Å². The Kier molecular flexibility index (Phi) is 9.43. The fourth-order valence-corrected chi connectivity index (χ4v) is 6.22. The second-order valence-electron chi connectivity index (χ2n) is 11.3. The van der Waals surface area contributed by atoms with Gasteiger partial charge in [-0.2, -0.15) is 13.2 Å². The van der Waals surface area contributed by atoms with Crippen LogP contribution in [-0.2, 0) is 23.9 Å². The Morgan fingerprint density at radius 2 is 1.62 bits per heavy atom. The van der Waals surface area contributed by atoms with Gasteiger partial charge in [-0.1, -0.05) is 61.0 Å². The molecule has 6 nitrogen and oxygen atoms in total. The minimum Gasteiger partial charge on any atom is -0.496 e. The number of methoxy groups -OCH3 is 1. The predicted molar refractivity (Wildman–Crippen MR) is 164 cm³/mol. The molecule has 2 N–H and O–H groups in total. The van der Waals surface area contributed by atoms with E-state index in [4.69, 9.17) is 4.74 Å². The lowest BCUT2D eigenvalue weighted by atomic mass is 9.88. The van der Waals surface area contributed by atoms with Crippen molar-refractivity contribution in [2.24, 2.45) is 0 Å². The Hall–Kier alpha value is -4.44. The molecule has 1 atom stereocenters. The number of aryl methyl sites for hydroxylation is 1. The molecular weight excluding hydrogens is 588 g/mol. The quantitative estimate of drug-likeness (QED) is 0.190. The van der Waals surface area contributed by atoms with E-state index >= 15 is 0 Å². The highest BCUT2D eigenvalue weighted by Crippen LogP contribution is 2.47. The summed E-state index contributed by atoms with van der Waals surface area (Å²) in [5.41, 5.74) is 0.192. The predicted octanol–water partition coefficient (Wildman–Crippen LogP) is 7.39. The third-order valence-corrected chi connectivity index (χ3v) is 8.36. The molecule has 45 heavy (non-hydrogen) atoms. The van der Waals surface area contributed by atoms with E-state index in [1.54, 1.807) is 55.5 Å². The van der Waals surface area contributed by atoms with Crippen LogP contribution in [0.15, 0.2) is 66.7 Å². The summed E-state index contributed by atoms with van der Waals surface area (Å²) in [5.74, 6) is -2.91. The highest BCUT2D eigenvalue weighted by Gasteiger charge is 2.39. The van der Waals surface area contributed by atoms with Crippen molar-refractivity contribution in [3.05, 3.63) is 100 Å². The molecular formula is C35H34F4N2O4. The zero-order valence-corrected chi connectivity index (χ0v) is 25.0. The Morgan fingerprint density at radius 3 is 2.29 bits per heavy atom. The van der Waals surface area contributed by atoms with Gasteiger partial charge in [0, 0.05) is 18.5 Å². The fraction of sp³-hybridized carbons (Fsp3) is 0.314. The van der Waals surface area contributed by atoms with Gasteiger partial charge in [-0.3, -0.25) is 9.69 Å². The van der Waals surface area contributed by atoms with Crippen LogP contribution < -0.4 is 10.1 Å². The number of carbonyl (C=O) groups excluding carboxylic acids is 1. The number of hydrogen-bond acceptors (Lipinski definition) is 4. The number of amides is 1. The highest BCUT2D eigenvalue weighted by molar-refractivity contribution is 6.01. The topological polar surface area (TPSA) is 78.9 Å². The molecule has 0 saturated carbocycles. The van der Waals surface area contributed by atoms with Crippen molar-refractivity contribution in [3.63, 3.8) is 0 Å². The van der Waals surface area contributed by atoms with Crippen molar-refractivity contribution in [2.45, 2.75) is 51.4 Å². The zero-order chi connectivity index (χ0) is 32.3. The molecule has 1 aliphatic rings. The van der Waals surface area contributed by atoms with Gasteiger partial charge in [0.1, 0.15) is 17.6 Å². The number of piperidine rings is 1. The van der Waals surface area contributed by atoms with Gasteiger partial charge in [-0.15, -0.1) is 0 Å². The summed E-state index contributed by atoms with van der Waals surface area (Å²) >= 11 is 0. The lowest BCUT2D eigenvalue weighted by Gasteiger charge is -2.29. The number of carboxylic acids is 1. The van der Waals surface area contributed by atoms with Gasteiger partial charge in [-0.05, 0) is 78.0 Å². The molecule has 4 aromatic rings. The number of carbonyl (C=O) groups is 2. The first-order valence-electron chi connectivity index (χ1n) is 14.8. The third-order valence-electron chi connectivity index (χ3n) is 8.36. The second-order valence-corrected chi connectivity index (χ2v) is 11.3. The Bertz CT molecular complexity index is 1710. The van der Waals surface area contributed by atoms with Crippen molar-refractivity contribution in [3.8, 4) is 16.9 Å². The van der Waals surface area contributed by atoms with Crippen LogP contribution in [0.5, 0.6) is 5.75 Å². The summed E-state index contributed by atoms with van der Waals surface area (Å²) in [4.78, 5) is 27.2. The first-order chi connectivity index (χ1) is 21.5. The van der Waals surface area contributed by atoms with Gasteiger partial charge >= 0.3 is 12.1 Å². The number of alkyl halides is 3. The van der Waals surface area contributed by atoms with E-state index < -0.39 is 35.5 Å². The molecule has 4 aromatic carbocycles. The number of aliphatic carboxylic acids is 1. The van der Waals surface area contributed by atoms with Crippen molar-refractivity contribution in [1.82, 2.24) is 10.2 Å². The number of nitrogens with zero attached hydrogens (tertiary/aromatic N) is 1. The normalized spacial score (nSPS) is 14.7. The minimum absolute atomic E-state index is 0.0681. The first-order valence-corrected chi connectivity index (χ1v) is 14.8. The number of carboxylic acid groups (broad SMARTS) is 1. The van der Waals surface area contributed by atoms with Crippen LogP contribution in [0, 0.1) is 12.7 Å². The largest absolute Gasteiger partial charge is 0.496 e. The summed E-state index contributed by atoms with van der Waals surface area (Å²) in [6.07, 6.45) is -1.93. The maximum absolute atomic E-state index is 14.9. The van der Waals surface area contributed by atoms with Crippen LogP contribution in [0.25, 0.3) is 21.9 Å². The van der Waals surface area contributed by atoms with E-state index in [1.807, 2.05) is 4.90 Å². The van der Waals surface area contributed by atoms with Crippen LogP contribution in [0.3, 0.4) is 0 Å². The molecule has 1 heterocycles. The summed E-state index contributed by atoms with van der Waals surface area (Å²) in [7, 11) is 1.33. The smallest absolute Gasteiger partial charge is 0.417 e. The molecule has 1 fully saturated rings. The van der Waals surface area contributed by atoms with Crippen LogP contribution in [-0.4, -0.2) is 48.1 Å². The molecule has 0 aliphatic carbocycles.